The molecule has 0 atom stereocenters. The first-order valence-electron chi connectivity index (χ1n) is 8.50. The minimum absolute atomic E-state index is 0.0264. The van der Waals surface area contributed by atoms with Crippen molar-refractivity contribution in [1.82, 2.24) is 10.3 Å². The number of benzene rings is 2. The number of halogens is 1. The fraction of sp³-hybridized carbons (Fsp3) is 0.190. The van der Waals surface area contributed by atoms with Gasteiger partial charge in [-0.15, -0.1) is 0 Å². The third-order valence-electron chi connectivity index (χ3n) is 4.31. The number of rotatable bonds is 5. The number of fused-ring (bicyclic) bond motifs is 1. The largest absolute Gasteiger partial charge is 0.452 e. The molecule has 0 aliphatic carbocycles. The van der Waals surface area contributed by atoms with Gasteiger partial charge in [0.25, 0.3) is 5.91 Å². The van der Waals surface area contributed by atoms with Gasteiger partial charge in [0.05, 0.1) is 16.8 Å². The van der Waals surface area contributed by atoms with E-state index in [0.29, 0.717) is 16.8 Å². The van der Waals surface area contributed by atoms with Crippen LogP contribution in [0.2, 0.25) is 0 Å². The molecule has 27 heavy (non-hydrogen) atoms. The second-order valence-corrected chi connectivity index (χ2v) is 6.16. The quantitative estimate of drug-likeness (QED) is 0.702. The Balaban J connectivity index is 1.65. The Kier molecular flexibility index (Phi) is 5.45. The van der Waals surface area contributed by atoms with Gasteiger partial charge in [-0.1, -0.05) is 36.4 Å². The third-order valence-corrected chi connectivity index (χ3v) is 4.31. The van der Waals surface area contributed by atoms with Crippen molar-refractivity contribution in [1.29, 1.82) is 0 Å². The minimum Gasteiger partial charge on any atom is -0.452 e. The van der Waals surface area contributed by atoms with Crippen molar-refractivity contribution in [2.24, 2.45) is 0 Å². The summed E-state index contributed by atoms with van der Waals surface area (Å²) in [5.41, 5.74) is 2.82. The van der Waals surface area contributed by atoms with Crippen molar-refractivity contribution < 1.29 is 18.7 Å². The highest BCUT2D eigenvalue weighted by Gasteiger charge is 2.18. The molecule has 1 heterocycles. The number of pyridine rings is 1. The fourth-order valence-electron chi connectivity index (χ4n) is 2.92. The summed E-state index contributed by atoms with van der Waals surface area (Å²) in [7, 11) is 0. The van der Waals surface area contributed by atoms with Crippen LogP contribution in [0, 0.1) is 19.7 Å². The van der Waals surface area contributed by atoms with Crippen molar-refractivity contribution in [3.63, 3.8) is 0 Å². The van der Waals surface area contributed by atoms with Gasteiger partial charge in [0, 0.05) is 17.5 Å². The van der Waals surface area contributed by atoms with Gasteiger partial charge < -0.3 is 10.1 Å². The Morgan fingerprint density at radius 1 is 1.07 bits per heavy atom. The highest BCUT2D eigenvalue weighted by molar-refractivity contribution is 5.99. The number of hydrogen-bond acceptors (Lipinski definition) is 4. The molecule has 3 aromatic rings. The second kappa shape index (κ2) is 7.95. The summed E-state index contributed by atoms with van der Waals surface area (Å²) in [6.07, 6.45) is 0. The van der Waals surface area contributed by atoms with E-state index < -0.39 is 24.3 Å². The molecule has 0 aliphatic heterocycles. The Bertz CT molecular complexity index is 1020. The van der Waals surface area contributed by atoms with Gasteiger partial charge >= 0.3 is 5.97 Å². The number of carbonyl (C=O) groups excluding carboxylic acids is 2. The summed E-state index contributed by atoms with van der Waals surface area (Å²) in [4.78, 5) is 28.8. The Hall–Kier alpha value is -3.28. The molecule has 0 aliphatic rings. The summed E-state index contributed by atoms with van der Waals surface area (Å²) in [5, 5.41) is 3.39. The lowest BCUT2D eigenvalue weighted by Gasteiger charge is -2.12. The number of para-hydroxylation sites is 1. The van der Waals surface area contributed by atoms with E-state index in [1.807, 2.05) is 31.2 Å². The van der Waals surface area contributed by atoms with Gasteiger partial charge in [-0.3, -0.25) is 9.78 Å². The van der Waals surface area contributed by atoms with Crippen molar-refractivity contribution >= 4 is 22.8 Å². The van der Waals surface area contributed by atoms with Gasteiger partial charge in [0.2, 0.25) is 0 Å². The number of carbonyl (C=O) groups is 2. The molecule has 0 unspecified atom stereocenters. The van der Waals surface area contributed by atoms with Crippen LogP contribution < -0.4 is 5.32 Å². The number of hydrogen-bond donors (Lipinski definition) is 1. The molecule has 1 amide bonds. The molecule has 0 fully saturated rings. The summed E-state index contributed by atoms with van der Waals surface area (Å²) >= 11 is 0. The zero-order valence-electron chi connectivity index (χ0n) is 15.1. The first-order chi connectivity index (χ1) is 13.0. The zero-order chi connectivity index (χ0) is 19.4. The van der Waals surface area contributed by atoms with E-state index in [4.69, 9.17) is 4.74 Å². The summed E-state index contributed by atoms with van der Waals surface area (Å²) in [6.45, 7) is 3.14. The number of esters is 1. The molecule has 0 saturated heterocycles. The highest BCUT2D eigenvalue weighted by atomic mass is 19.1. The maximum Gasteiger partial charge on any atom is 0.340 e. The minimum atomic E-state index is -0.607. The molecular weight excluding hydrogens is 347 g/mol. The monoisotopic (exact) mass is 366 g/mol. The van der Waals surface area contributed by atoms with Crippen LogP contribution in [-0.4, -0.2) is 23.5 Å². The Labute approximate surface area is 156 Å². The van der Waals surface area contributed by atoms with E-state index in [-0.39, 0.29) is 6.54 Å². The molecule has 3 rings (SSSR count). The predicted octanol–water partition coefficient (Wildman–Crippen LogP) is 3.46. The van der Waals surface area contributed by atoms with Crippen molar-refractivity contribution in [2.45, 2.75) is 20.4 Å². The summed E-state index contributed by atoms with van der Waals surface area (Å²) < 4.78 is 18.7. The van der Waals surface area contributed by atoms with Gasteiger partial charge in [0.1, 0.15) is 5.82 Å². The number of aryl methyl sites for hydroxylation is 2. The lowest BCUT2D eigenvalue weighted by Crippen LogP contribution is -2.29. The van der Waals surface area contributed by atoms with E-state index >= 15 is 0 Å². The lowest BCUT2D eigenvalue weighted by molar-refractivity contribution is -0.124. The SMILES string of the molecule is Cc1nc2ccccc2c(C)c1C(=O)OCC(=O)NCc1ccccc1F. The standard InChI is InChI=1S/C21H19FN2O3/c1-13-16-8-4-6-10-18(16)24-14(2)20(13)21(26)27-12-19(25)23-11-15-7-3-5-9-17(15)22/h3-10H,11-12H2,1-2H3,(H,23,25). The fourth-order valence-corrected chi connectivity index (χ4v) is 2.92. The summed E-state index contributed by atoms with van der Waals surface area (Å²) in [5.74, 6) is -1.51. The van der Waals surface area contributed by atoms with Crippen LogP contribution in [0.15, 0.2) is 48.5 Å². The maximum atomic E-state index is 13.5. The smallest absolute Gasteiger partial charge is 0.340 e. The molecule has 1 N–H and O–H groups in total. The zero-order valence-corrected chi connectivity index (χ0v) is 15.1. The normalized spacial score (nSPS) is 10.6. The van der Waals surface area contributed by atoms with Crippen LogP contribution in [0.25, 0.3) is 10.9 Å². The second-order valence-electron chi connectivity index (χ2n) is 6.16. The van der Waals surface area contributed by atoms with Crippen LogP contribution >= 0.6 is 0 Å². The van der Waals surface area contributed by atoms with E-state index in [0.717, 1.165) is 16.5 Å². The van der Waals surface area contributed by atoms with Crippen molar-refractivity contribution in [3.05, 3.63) is 76.7 Å². The maximum absolute atomic E-state index is 13.5. The van der Waals surface area contributed by atoms with Gasteiger partial charge in [-0.25, -0.2) is 9.18 Å². The Morgan fingerprint density at radius 3 is 2.56 bits per heavy atom. The molecule has 5 nitrogen and oxygen atoms in total. The lowest BCUT2D eigenvalue weighted by atomic mass is 10.0. The van der Waals surface area contributed by atoms with Gasteiger partial charge in [-0.2, -0.15) is 0 Å². The van der Waals surface area contributed by atoms with Crippen molar-refractivity contribution in [2.75, 3.05) is 6.61 Å². The van der Waals surface area contributed by atoms with Crippen LogP contribution in [0.5, 0.6) is 0 Å². The van der Waals surface area contributed by atoms with E-state index in [1.165, 1.54) is 6.07 Å². The molecule has 0 saturated carbocycles. The third kappa shape index (κ3) is 4.11. The van der Waals surface area contributed by atoms with Gasteiger partial charge in [0.15, 0.2) is 6.61 Å². The molecule has 0 radical (unpaired) electrons. The first-order valence-corrected chi connectivity index (χ1v) is 8.50. The van der Waals surface area contributed by atoms with Crippen LogP contribution in [0.4, 0.5) is 4.39 Å². The molecule has 2 aromatic carbocycles. The number of ether oxygens (including phenoxy) is 1. The molecule has 138 valence electrons. The highest BCUT2D eigenvalue weighted by Crippen LogP contribution is 2.23. The number of nitrogens with zero attached hydrogens (tertiary/aromatic N) is 1. The van der Waals surface area contributed by atoms with Crippen LogP contribution in [0.1, 0.15) is 27.2 Å². The topological polar surface area (TPSA) is 68.3 Å². The van der Waals surface area contributed by atoms with Gasteiger partial charge in [-0.05, 0) is 31.5 Å². The van der Waals surface area contributed by atoms with Crippen LogP contribution in [0.3, 0.4) is 0 Å². The first kappa shape index (κ1) is 18.5. The molecule has 0 bridgehead atoms. The van der Waals surface area contributed by atoms with Crippen molar-refractivity contribution in [3.8, 4) is 0 Å². The summed E-state index contributed by atoms with van der Waals surface area (Å²) in [6, 6.07) is 13.7. The number of nitrogens with one attached hydrogen (secondary N) is 1. The van der Waals surface area contributed by atoms with Crippen LogP contribution in [-0.2, 0) is 16.1 Å². The van der Waals surface area contributed by atoms with E-state index in [2.05, 4.69) is 10.3 Å². The average Bonchev–Trinajstić information content (AvgIpc) is 2.65. The molecule has 0 spiro atoms. The molecule has 1 aromatic heterocycles. The average molecular weight is 366 g/mol. The number of aromatic nitrogens is 1. The van der Waals surface area contributed by atoms with E-state index in [9.17, 15) is 14.0 Å². The molecular formula is C21H19FN2O3. The Morgan fingerprint density at radius 2 is 1.78 bits per heavy atom. The van der Waals surface area contributed by atoms with E-state index in [1.54, 1.807) is 25.1 Å². The molecule has 6 heteroatoms. The predicted molar refractivity (Wildman–Crippen MR) is 99.7 cm³/mol. The number of amides is 1.